The van der Waals surface area contributed by atoms with Crippen molar-refractivity contribution in [1.82, 2.24) is 14.1 Å². The van der Waals surface area contributed by atoms with Crippen LogP contribution in [0.3, 0.4) is 0 Å². The van der Waals surface area contributed by atoms with Crippen LogP contribution in [0.5, 0.6) is 0 Å². The van der Waals surface area contributed by atoms with E-state index in [-0.39, 0.29) is 11.2 Å². The van der Waals surface area contributed by atoms with Gasteiger partial charge < -0.3 is 4.57 Å². The molecule has 0 spiro atoms. The molecule has 2 aromatic rings. The van der Waals surface area contributed by atoms with E-state index in [0.29, 0.717) is 13.0 Å². The van der Waals surface area contributed by atoms with Crippen molar-refractivity contribution in [2.45, 2.75) is 13.0 Å². The highest BCUT2D eigenvalue weighted by Gasteiger charge is 2.02. The molecule has 5 heteroatoms. The summed E-state index contributed by atoms with van der Waals surface area (Å²) in [6, 6.07) is 5.14. The number of pyridine rings is 1. The fraction of sp³-hybridized carbons (Fsp3) is 0.250. The van der Waals surface area contributed by atoms with Gasteiger partial charge in [-0.1, -0.05) is 0 Å². The number of aromatic nitrogens is 3. The zero-order valence-electron chi connectivity index (χ0n) is 9.54. The van der Waals surface area contributed by atoms with E-state index in [2.05, 4.69) is 4.98 Å². The van der Waals surface area contributed by atoms with Crippen molar-refractivity contribution < 1.29 is 0 Å². The molecule has 0 saturated heterocycles. The highest BCUT2D eigenvalue weighted by atomic mass is 16.2. The molecule has 0 aliphatic rings. The second kappa shape index (κ2) is 4.78. The van der Waals surface area contributed by atoms with Crippen molar-refractivity contribution in [3.63, 3.8) is 0 Å². The average Bonchev–Trinajstić information content (AvgIpc) is 2.35. The van der Waals surface area contributed by atoms with Gasteiger partial charge in [-0.05, 0) is 24.1 Å². The van der Waals surface area contributed by atoms with Gasteiger partial charge in [0.25, 0.3) is 5.56 Å². The fourth-order valence-electron chi connectivity index (χ4n) is 1.61. The second-order valence-electron chi connectivity index (χ2n) is 3.80. The van der Waals surface area contributed by atoms with E-state index < -0.39 is 0 Å². The molecule has 0 aliphatic heterocycles. The Hall–Kier alpha value is -2.17. The third kappa shape index (κ3) is 2.50. The van der Waals surface area contributed by atoms with Crippen LogP contribution < -0.4 is 11.2 Å². The molecule has 0 fully saturated rings. The largest absolute Gasteiger partial charge is 0.330 e. The van der Waals surface area contributed by atoms with Crippen LogP contribution in [0.2, 0.25) is 0 Å². The van der Waals surface area contributed by atoms with Crippen molar-refractivity contribution in [3.05, 3.63) is 63.2 Å². The molecule has 0 N–H and O–H groups in total. The lowest BCUT2D eigenvalue weighted by molar-refractivity contribution is 0.590. The molecule has 2 aromatic heterocycles. The van der Waals surface area contributed by atoms with Gasteiger partial charge in [-0.2, -0.15) is 0 Å². The Balaban J connectivity index is 2.23. The normalized spacial score (nSPS) is 10.4. The topological polar surface area (TPSA) is 56.9 Å². The Bertz CT molecular complexity index is 614. The lowest BCUT2D eigenvalue weighted by Gasteiger charge is -2.06. The Morgan fingerprint density at radius 3 is 2.59 bits per heavy atom. The van der Waals surface area contributed by atoms with Crippen LogP contribution >= 0.6 is 0 Å². The molecule has 0 amide bonds. The molecule has 0 unspecified atom stereocenters. The first kappa shape index (κ1) is 11.3. The quantitative estimate of drug-likeness (QED) is 0.757. The highest BCUT2D eigenvalue weighted by Crippen LogP contribution is 1.97. The van der Waals surface area contributed by atoms with Gasteiger partial charge in [0.05, 0.1) is 0 Å². The zero-order chi connectivity index (χ0) is 12.3. The molecule has 17 heavy (non-hydrogen) atoms. The van der Waals surface area contributed by atoms with Gasteiger partial charge in [0.2, 0.25) is 0 Å². The summed E-state index contributed by atoms with van der Waals surface area (Å²) in [6.45, 7) is 0.385. The summed E-state index contributed by atoms with van der Waals surface area (Å²) in [4.78, 5) is 27.2. The minimum atomic E-state index is -0.286. The second-order valence-corrected chi connectivity index (χ2v) is 3.80. The van der Waals surface area contributed by atoms with Gasteiger partial charge in [-0.25, -0.2) is 4.79 Å². The first-order valence-corrected chi connectivity index (χ1v) is 5.34. The van der Waals surface area contributed by atoms with Crippen LogP contribution in [0.15, 0.2) is 46.4 Å². The van der Waals surface area contributed by atoms with Crippen LogP contribution in [0.25, 0.3) is 0 Å². The predicted octanol–water partition coefficient (Wildman–Crippen LogP) is 0.185. The molecule has 0 aromatic carbocycles. The summed E-state index contributed by atoms with van der Waals surface area (Å²) in [5, 5.41) is 0. The molecule has 0 radical (unpaired) electrons. The summed E-state index contributed by atoms with van der Waals surface area (Å²) < 4.78 is 2.63. The highest BCUT2D eigenvalue weighted by molar-refractivity contribution is 5.09. The third-order valence-corrected chi connectivity index (χ3v) is 2.61. The van der Waals surface area contributed by atoms with Crippen molar-refractivity contribution in [1.29, 1.82) is 0 Å². The number of hydrogen-bond donors (Lipinski definition) is 0. The van der Waals surface area contributed by atoms with Gasteiger partial charge >= 0.3 is 5.69 Å². The molecular weight excluding hydrogens is 218 g/mol. The number of hydrogen-bond acceptors (Lipinski definition) is 3. The molecule has 0 bridgehead atoms. The number of rotatable bonds is 3. The molecule has 2 rings (SSSR count). The Morgan fingerprint density at radius 2 is 1.88 bits per heavy atom. The standard InChI is InChI=1S/C12H13N3O2/c1-14-8-5-11(16)15(12(14)17)9-4-10-2-6-13-7-3-10/h2-3,5-8H,4,9H2,1H3. The van der Waals surface area contributed by atoms with Crippen LogP contribution in [-0.2, 0) is 20.0 Å². The lowest BCUT2D eigenvalue weighted by atomic mass is 10.2. The number of nitrogens with zero attached hydrogens (tertiary/aromatic N) is 3. The van der Waals surface area contributed by atoms with Crippen LogP contribution in [0.4, 0.5) is 0 Å². The molecule has 2 heterocycles. The summed E-state index contributed by atoms with van der Waals surface area (Å²) >= 11 is 0. The molecule has 0 aliphatic carbocycles. The van der Waals surface area contributed by atoms with Crippen molar-refractivity contribution in [2.75, 3.05) is 0 Å². The smallest absolute Gasteiger partial charge is 0.303 e. The Morgan fingerprint density at radius 1 is 1.18 bits per heavy atom. The third-order valence-electron chi connectivity index (χ3n) is 2.61. The fourth-order valence-corrected chi connectivity index (χ4v) is 1.61. The van der Waals surface area contributed by atoms with Gasteiger partial charge in [0.15, 0.2) is 0 Å². The van der Waals surface area contributed by atoms with Gasteiger partial charge in [-0.3, -0.25) is 14.3 Å². The van der Waals surface area contributed by atoms with Crippen LogP contribution in [-0.4, -0.2) is 14.1 Å². The first-order valence-electron chi connectivity index (χ1n) is 5.34. The maximum Gasteiger partial charge on any atom is 0.330 e. The van der Waals surface area contributed by atoms with E-state index in [1.807, 2.05) is 12.1 Å². The lowest BCUT2D eigenvalue weighted by Crippen LogP contribution is -2.38. The summed E-state index contributed by atoms with van der Waals surface area (Å²) in [7, 11) is 1.63. The monoisotopic (exact) mass is 231 g/mol. The molecular formula is C12H13N3O2. The maximum atomic E-state index is 11.7. The molecule has 0 atom stereocenters. The first-order chi connectivity index (χ1) is 8.18. The molecule has 5 nitrogen and oxygen atoms in total. The van der Waals surface area contributed by atoms with Gasteiger partial charge in [-0.15, -0.1) is 0 Å². The SMILES string of the molecule is Cn1ccc(=O)n(CCc2ccncc2)c1=O. The Kier molecular flexibility index (Phi) is 3.18. The predicted molar refractivity (Wildman–Crippen MR) is 63.9 cm³/mol. The van der Waals surface area contributed by atoms with E-state index in [1.165, 1.54) is 21.4 Å². The summed E-state index contributed by atoms with van der Waals surface area (Å²) in [5.74, 6) is 0. The van der Waals surface area contributed by atoms with E-state index in [1.54, 1.807) is 19.4 Å². The molecule has 0 saturated carbocycles. The van der Waals surface area contributed by atoms with Crippen molar-refractivity contribution in [3.8, 4) is 0 Å². The van der Waals surface area contributed by atoms with E-state index in [9.17, 15) is 9.59 Å². The summed E-state index contributed by atoms with van der Waals surface area (Å²) in [6.07, 6.45) is 5.51. The van der Waals surface area contributed by atoms with E-state index >= 15 is 0 Å². The summed E-state index contributed by atoms with van der Waals surface area (Å²) in [5.41, 5.74) is 0.506. The average molecular weight is 231 g/mol. The van der Waals surface area contributed by atoms with E-state index in [4.69, 9.17) is 0 Å². The van der Waals surface area contributed by atoms with E-state index in [0.717, 1.165) is 5.56 Å². The van der Waals surface area contributed by atoms with Gasteiger partial charge in [0.1, 0.15) is 0 Å². The minimum Gasteiger partial charge on any atom is -0.303 e. The van der Waals surface area contributed by atoms with Gasteiger partial charge in [0, 0.05) is 38.2 Å². The van der Waals surface area contributed by atoms with Crippen LogP contribution in [0.1, 0.15) is 5.56 Å². The maximum absolute atomic E-state index is 11.7. The van der Waals surface area contributed by atoms with Crippen molar-refractivity contribution in [2.24, 2.45) is 7.05 Å². The van der Waals surface area contributed by atoms with Crippen molar-refractivity contribution >= 4 is 0 Å². The zero-order valence-corrected chi connectivity index (χ0v) is 9.54. The van der Waals surface area contributed by atoms with Crippen LogP contribution in [0, 0.1) is 0 Å². The molecule has 88 valence electrons. The minimum absolute atomic E-state index is 0.262. The Labute approximate surface area is 98.0 Å². The number of aryl methyl sites for hydroxylation is 2.